The summed E-state index contributed by atoms with van der Waals surface area (Å²) in [5.41, 5.74) is 2.41. The fraction of sp³-hybridized carbons (Fsp3) is 0.286. The van der Waals surface area contributed by atoms with Crippen molar-refractivity contribution in [2.45, 2.75) is 27.2 Å². The first-order chi connectivity index (χ1) is 6.76. The largest absolute Gasteiger partial charge is 0.106 e. The summed E-state index contributed by atoms with van der Waals surface area (Å²) in [5, 5.41) is 0. The van der Waals surface area contributed by atoms with E-state index in [2.05, 4.69) is 32.7 Å². The molecular formula is C14H22. The lowest BCUT2D eigenvalue weighted by molar-refractivity contribution is 1.13. The monoisotopic (exact) mass is 190 g/mol. The van der Waals surface area contributed by atoms with E-state index in [1.807, 2.05) is 38.2 Å². The van der Waals surface area contributed by atoms with Crippen molar-refractivity contribution < 1.29 is 0 Å². The third-order valence-electron chi connectivity index (χ3n) is 1.65. The molecule has 14 heavy (non-hydrogen) atoms. The summed E-state index contributed by atoms with van der Waals surface area (Å²) in [6, 6.07) is 0. The van der Waals surface area contributed by atoms with Gasteiger partial charge >= 0.3 is 0 Å². The molecule has 0 heteroatoms. The molecule has 0 radical (unpaired) electrons. The van der Waals surface area contributed by atoms with Gasteiger partial charge in [0.2, 0.25) is 0 Å². The molecule has 0 spiro atoms. The van der Waals surface area contributed by atoms with Gasteiger partial charge in [-0.05, 0) is 31.4 Å². The van der Waals surface area contributed by atoms with Crippen molar-refractivity contribution in [1.29, 1.82) is 0 Å². The number of rotatable bonds is 4. The average Bonchev–Trinajstić information content (AvgIpc) is 2.22. The molecule has 0 aliphatic carbocycles. The molecule has 0 saturated carbocycles. The van der Waals surface area contributed by atoms with Gasteiger partial charge in [0.25, 0.3) is 0 Å². The molecule has 0 aromatic heterocycles. The Morgan fingerprint density at radius 2 is 1.71 bits per heavy atom. The lowest BCUT2D eigenvalue weighted by Crippen LogP contribution is -1.81. The van der Waals surface area contributed by atoms with Crippen LogP contribution in [0.15, 0.2) is 61.3 Å². The lowest BCUT2D eigenvalue weighted by Gasteiger charge is -2.01. The van der Waals surface area contributed by atoms with Gasteiger partial charge in [-0.3, -0.25) is 0 Å². The highest BCUT2D eigenvalue weighted by atomic mass is 14.0. The summed E-state index contributed by atoms with van der Waals surface area (Å²) < 4.78 is 0. The average molecular weight is 190 g/mol. The Hall–Kier alpha value is -1.30. The zero-order valence-corrected chi connectivity index (χ0v) is 9.72. The minimum Gasteiger partial charge on any atom is -0.106 e. The van der Waals surface area contributed by atoms with Crippen molar-refractivity contribution in [3.05, 3.63) is 61.3 Å². The molecule has 0 N–H and O–H groups in total. The Kier molecular flexibility index (Phi) is 12.7. The van der Waals surface area contributed by atoms with Crippen LogP contribution in [0.2, 0.25) is 0 Å². The van der Waals surface area contributed by atoms with E-state index in [4.69, 9.17) is 0 Å². The quantitative estimate of drug-likeness (QED) is 0.440. The van der Waals surface area contributed by atoms with Crippen molar-refractivity contribution in [1.82, 2.24) is 0 Å². The fourth-order valence-corrected chi connectivity index (χ4v) is 0.973. The normalized spacial score (nSPS) is 11.5. The maximum Gasteiger partial charge on any atom is -0.0300 e. The smallest absolute Gasteiger partial charge is 0.0300 e. The first-order valence-corrected chi connectivity index (χ1v) is 4.90. The van der Waals surface area contributed by atoms with Crippen LogP contribution in [-0.4, -0.2) is 0 Å². The van der Waals surface area contributed by atoms with E-state index in [9.17, 15) is 0 Å². The van der Waals surface area contributed by atoms with Crippen molar-refractivity contribution >= 4 is 0 Å². The maximum atomic E-state index is 3.98. The molecule has 0 nitrogen and oxygen atoms in total. The summed E-state index contributed by atoms with van der Waals surface area (Å²) in [5.74, 6) is 0. The molecule has 0 heterocycles. The van der Waals surface area contributed by atoms with Gasteiger partial charge in [-0.2, -0.15) is 0 Å². The summed E-state index contributed by atoms with van der Waals surface area (Å²) in [7, 11) is 0. The van der Waals surface area contributed by atoms with E-state index in [1.54, 1.807) is 0 Å². The SMILES string of the molecule is C=C.C=C(/C=C\C)/C(=C/C=C\C)CC. The van der Waals surface area contributed by atoms with Crippen LogP contribution in [0.3, 0.4) is 0 Å². The van der Waals surface area contributed by atoms with Crippen molar-refractivity contribution in [2.24, 2.45) is 0 Å². The summed E-state index contributed by atoms with van der Waals surface area (Å²) in [6.07, 6.45) is 11.3. The summed E-state index contributed by atoms with van der Waals surface area (Å²) in [6.45, 7) is 16.1. The topological polar surface area (TPSA) is 0 Å². The minimum atomic E-state index is 1.04. The lowest BCUT2D eigenvalue weighted by atomic mass is 10.0. The Labute approximate surface area is 89.0 Å². The number of hydrogen-bond donors (Lipinski definition) is 0. The molecule has 0 aliphatic heterocycles. The van der Waals surface area contributed by atoms with Gasteiger partial charge in [0.05, 0.1) is 0 Å². The van der Waals surface area contributed by atoms with Gasteiger partial charge in [0.1, 0.15) is 0 Å². The molecule has 0 aliphatic rings. The second kappa shape index (κ2) is 11.7. The van der Waals surface area contributed by atoms with E-state index in [0.29, 0.717) is 0 Å². The van der Waals surface area contributed by atoms with Crippen LogP contribution in [0.5, 0.6) is 0 Å². The molecule has 0 unspecified atom stereocenters. The first kappa shape index (κ1) is 15.2. The molecule has 78 valence electrons. The van der Waals surface area contributed by atoms with E-state index in [1.165, 1.54) is 5.57 Å². The van der Waals surface area contributed by atoms with Gasteiger partial charge in [0, 0.05) is 0 Å². The van der Waals surface area contributed by atoms with Crippen LogP contribution < -0.4 is 0 Å². The minimum absolute atomic E-state index is 1.04. The van der Waals surface area contributed by atoms with Gasteiger partial charge in [-0.15, -0.1) is 13.2 Å². The van der Waals surface area contributed by atoms with E-state index < -0.39 is 0 Å². The molecule has 0 saturated heterocycles. The molecule has 0 bridgehead atoms. The molecule has 0 atom stereocenters. The first-order valence-electron chi connectivity index (χ1n) is 4.90. The molecule has 0 aromatic rings. The predicted molar refractivity (Wildman–Crippen MR) is 68.4 cm³/mol. The van der Waals surface area contributed by atoms with Crippen molar-refractivity contribution in [2.75, 3.05) is 0 Å². The van der Waals surface area contributed by atoms with Crippen LogP contribution in [-0.2, 0) is 0 Å². The van der Waals surface area contributed by atoms with Crippen LogP contribution in [0.1, 0.15) is 27.2 Å². The van der Waals surface area contributed by atoms with E-state index >= 15 is 0 Å². The Morgan fingerprint density at radius 1 is 1.14 bits per heavy atom. The summed E-state index contributed by atoms with van der Waals surface area (Å²) in [4.78, 5) is 0. The van der Waals surface area contributed by atoms with E-state index in [-0.39, 0.29) is 0 Å². The van der Waals surface area contributed by atoms with Gasteiger partial charge < -0.3 is 0 Å². The van der Waals surface area contributed by atoms with Crippen LogP contribution >= 0.6 is 0 Å². The van der Waals surface area contributed by atoms with Gasteiger partial charge in [-0.1, -0.05) is 43.9 Å². The van der Waals surface area contributed by atoms with Crippen LogP contribution in [0, 0.1) is 0 Å². The standard InChI is InChI=1S/C12H18.C2H4/c1-5-8-10-12(7-3)11(4)9-6-2;1-2/h5-6,8-10H,4,7H2,1-3H3;1-2H2/b8-5-,9-6-,12-10+;. The fourth-order valence-electron chi connectivity index (χ4n) is 0.973. The third-order valence-corrected chi connectivity index (χ3v) is 1.65. The highest BCUT2D eigenvalue weighted by Crippen LogP contribution is 2.13. The second-order valence-corrected chi connectivity index (χ2v) is 2.60. The Morgan fingerprint density at radius 3 is 2.07 bits per heavy atom. The van der Waals surface area contributed by atoms with Crippen LogP contribution in [0.4, 0.5) is 0 Å². The third kappa shape index (κ3) is 7.35. The van der Waals surface area contributed by atoms with Gasteiger partial charge in [0.15, 0.2) is 0 Å². The van der Waals surface area contributed by atoms with Crippen molar-refractivity contribution in [3.63, 3.8) is 0 Å². The number of allylic oxidation sites excluding steroid dienone is 7. The Bertz CT molecular complexity index is 226. The highest BCUT2D eigenvalue weighted by Gasteiger charge is 1.93. The summed E-state index contributed by atoms with van der Waals surface area (Å²) >= 11 is 0. The zero-order chi connectivity index (χ0) is 11.4. The van der Waals surface area contributed by atoms with Gasteiger partial charge in [-0.25, -0.2) is 0 Å². The molecule has 0 rings (SSSR count). The van der Waals surface area contributed by atoms with Crippen LogP contribution in [0.25, 0.3) is 0 Å². The zero-order valence-electron chi connectivity index (χ0n) is 9.72. The second-order valence-electron chi connectivity index (χ2n) is 2.60. The molecule has 0 fully saturated rings. The maximum absolute atomic E-state index is 3.98. The van der Waals surface area contributed by atoms with Crippen molar-refractivity contribution in [3.8, 4) is 0 Å². The molecule has 0 amide bonds. The molecule has 0 aromatic carbocycles. The van der Waals surface area contributed by atoms with E-state index in [0.717, 1.165) is 12.0 Å². The predicted octanol–water partition coefficient (Wildman–Crippen LogP) is 4.83. The Balaban J connectivity index is 0. The molecular weight excluding hydrogens is 168 g/mol. The highest BCUT2D eigenvalue weighted by molar-refractivity contribution is 5.38. The number of hydrogen-bond acceptors (Lipinski definition) is 0.